The standard InChI is InChI=1S/C17H27NO3/c1-10-7-18(8-15(9-19)21-10)17(20)16-13-3-11-2-12(5-13)6-14(16)4-11/h10-16,19H,2-9H2,1H3. The molecular weight excluding hydrogens is 266 g/mol. The van der Waals surface area contributed by atoms with E-state index in [1.165, 1.54) is 32.1 Å². The van der Waals surface area contributed by atoms with Crippen LogP contribution in [0.5, 0.6) is 0 Å². The van der Waals surface area contributed by atoms with Crippen LogP contribution >= 0.6 is 0 Å². The van der Waals surface area contributed by atoms with Gasteiger partial charge in [0.25, 0.3) is 0 Å². The normalized spacial score (nSPS) is 48.7. The molecule has 4 bridgehead atoms. The fourth-order valence-electron chi connectivity index (χ4n) is 5.87. The second-order valence-corrected chi connectivity index (χ2v) is 7.95. The Bertz CT molecular complexity index is 396. The van der Waals surface area contributed by atoms with Crippen molar-refractivity contribution in [2.45, 2.75) is 51.2 Å². The van der Waals surface area contributed by atoms with Crippen LogP contribution in [0, 0.1) is 29.6 Å². The number of nitrogens with zero attached hydrogens (tertiary/aromatic N) is 1. The van der Waals surface area contributed by atoms with Crippen molar-refractivity contribution in [2.24, 2.45) is 29.6 Å². The maximum Gasteiger partial charge on any atom is 0.226 e. The fourth-order valence-corrected chi connectivity index (χ4v) is 5.87. The number of morpholine rings is 1. The molecule has 0 aromatic carbocycles. The molecule has 4 nitrogen and oxygen atoms in total. The minimum absolute atomic E-state index is 0.00971. The number of hydrogen-bond donors (Lipinski definition) is 1. The van der Waals surface area contributed by atoms with E-state index in [0.29, 0.717) is 30.8 Å². The second kappa shape index (κ2) is 5.24. The van der Waals surface area contributed by atoms with Crippen LogP contribution in [0.1, 0.15) is 39.0 Å². The molecule has 1 N–H and O–H groups in total. The Balaban J connectivity index is 1.49. The molecule has 5 rings (SSSR count). The third-order valence-electron chi connectivity index (χ3n) is 6.35. The Morgan fingerprint density at radius 1 is 1.10 bits per heavy atom. The van der Waals surface area contributed by atoms with Gasteiger partial charge in [-0.1, -0.05) is 0 Å². The predicted molar refractivity (Wildman–Crippen MR) is 78.5 cm³/mol. The van der Waals surface area contributed by atoms with Gasteiger partial charge in [-0.05, 0) is 62.7 Å². The molecule has 1 amide bonds. The van der Waals surface area contributed by atoms with Crippen molar-refractivity contribution < 1.29 is 14.6 Å². The van der Waals surface area contributed by atoms with Crippen LogP contribution in [-0.4, -0.2) is 47.8 Å². The van der Waals surface area contributed by atoms with Crippen molar-refractivity contribution in [2.75, 3.05) is 19.7 Å². The van der Waals surface area contributed by atoms with E-state index in [9.17, 15) is 9.90 Å². The Morgan fingerprint density at radius 2 is 1.71 bits per heavy atom. The summed E-state index contributed by atoms with van der Waals surface area (Å²) in [5, 5.41) is 9.36. The third-order valence-corrected chi connectivity index (χ3v) is 6.35. The lowest BCUT2D eigenvalue weighted by atomic mass is 9.51. The topological polar surface area (TPSA) is 49.8 Å². The van der Waals surface area contributed by atoms with Gasteiger partial charge in [-0.25, -0.2) is 0 Å². The Morgan fingerprint density at radius 3 is 2.29 bits per heavy atom. The van der Waals surface area contributed by atoms with Gasteiger partial charge in [0.15, 0.2) is 0 Å². The van der Waals surface area contributed by atoms with Gasteiger partial charge in [0.1, 0.15) is 0 Å². The molecule has 0 spiro atoms. The van der Waals surface area contributed by atoms with Crippen LogP contribution in [-0.2, 0) is 9.53 Å². The molecule has 1 saturated heterocycles. The maximum absolute atomic E-state index is 13.1. The molecule has 0 aromatic heterocycles. The summed E-state index contributed by atoms with van der Waals surface area (Å²) in [7, 11) is 0. The van der Waals surface area contributed by atoms with Crippen LogP contribution in [0.3, 0.4) is 0 Å². The number of hydrogen-bond acceptors (Lipinski definition) is 3. The highest BCUT2D eigenvalue weighted by Gasteiger charge is 2.52. The maximum atomic E-state index is 13.1. The molecule has 5 aliphatic rings. The smallest absolute Gasteiger partial charge is 0.226 e. The van der Waals surface area contributed by atoms with Gasteiger partial charge in [0, 0.05) is 19.0 Å². The summed E-state index contributed by atoms with van der Waals surface area (Å²) in [6, 6.07) is 0. The summed E-state index contributed by atoms with van der Waals surface area (Å²) >= 11 is 0. The molecule has 4 saturated carbocycles. The number of amides is 1. The molecule has 5 fully saturated rings. The van der Waals surface area contributed by atoms with Gasteiger partial charge in [-0.2, -0.15) is 0 Å². The van der Waals surface area contributed by atoms with E-state index in [1.807, 2.05) is 11.8 Å². The van der Waals surface area contributed by atoms with Crippen molar-refractivity contribution in [1.82, 2.24) is 4.90 Å². The van der Waals surface area contributed by atoms with Gasteiger partial charge in [-0.15, -0.1) is 0 Å². The van der Waals surface area contributed by atoms with Crippen molar-refractivity contribution in [1.29, 1.82) is 0 Å². The van der Waals surface area contributed by atoms with Crippen molar-refractivity contribution in [3.63, 3.8) is 0 Å². The summed E-state index contributed by atoms with van der Waals surface area (Å²) in [5.41, 5.74) is 0. The molecule has 21 heavy (non-hydrogen) atoms. The van der Waals surface area contributed by atoms with Crippen LogP contribution in [0.15, 0.2) is 0 Å². The molecule has 0 radical (unpaired) electrons. The highest BCUT2D eigenvalue weighted by molar-refractivity contribution is 5.80. The SMILES string of the molecule is CC1CN(C(=O)C2C3CC4CC(C3)CC2C4)CC(CO)O1. The number of rotatable bonds is 2. The molecule has 2 atom stereocenters. The van der Waals surface area contributed by atoms with Crippen molar-refractivity contribution in [3.8, 4) is 0 Å². The predicted octanol–water partition coefficient (Wildman–Crippen LogP) is 1.67. The van der Waals surface area contributed by atoms with Crippen LogP contribution in [0.2, 0.25) is 0 Å². The second-order valence-electron chi connectivity index (χ2n) is 7.95. The summed E-state index contributed by atoms with van der Waals surface area (Å²) in [4.78, 5) is 15.1. The average molecular weight is 293 g/mol. The molecule has 2 unspecified atom stereocenters. The zero-order valence-corrected chi connectivity index (χ0v) is 12.9. The van der Waals surface area contributed by atoms with Gasteiger partial charge in [0.2, 0.25) is 5.91 Å². The molecule has 4 aliphatic carbocycles. The quantitative estimate of drug-likeness (QED) is 0.842. The van der Waals surface area contributed by atoms with E-state index in [-0.39, 0.29) is 24.7 Å². The van der Waals surface area contributed by atoms with E-state index in [2.05, 4.69) is 0 Å². The number of ether oxygens (including phenoxy) is 1. The Kier molecular flexibility index (Phi) is 3.49. The van der Waals surface area contributed by atoms with E-state index in [4.69, 9.17) is 4.74 Å². The first-order valence-electron chi connectivity index (χ1n) is 8.69. The zero-order valence-electron chi connectivity index (χ0n) is 12.9. The Hall–Kier alpha value is -0.610. The molecule has 0 aromatic rings. The number of aliphatic hydroxyl groups excluding tert-OH is 1. The number of carbonyl (C=O) groups excluding carboxylic acids is 1. The van der Waals surface area contributed by atoms with Crippen LogP contribution in [0.25, 0.3) is 0 Å². The van der Waals surface area contributed by atoms with Gasteiger partial charge < -0.3 is 14.7 Å². The fraction of sp³-hybridized carbons (Fsp3) is 0.941. The van der Waals surface area contributed by atoms with Crippen LogP contribution in [0.4, 0.5) is 0 Å². The first-order valence-corrected chi connectivity index (χ1v) is 8.69. The minimum Gasteiger partial charge on any atom is -0.394 e. The Labute approximate surface area is 126 Å². The van der Waals surface area contributed by atoms with Crippen LogP contribution < -0.4 is 0 Å². The van der Waals surface area contributed by atoms with Crippen molar-refractivity contribution in [3.05, 3.63) is 0 Å². The number of carbonyl (C=O) groups is 1. The summed E-state index contributed by atoms with van der Waals surface area (Å²) < 4.78 is 5.68. The lowest BCUT2D eigenvalue weighted by Crippen LogP contribution is -2.56. The highest BCUT2D eigenvalue weighted by Crippen LogP contribution is 2.56. The third kappa shape index (κ3) is 2.40. The largest absolute Gasteiger partial charge is 0.394 e. The summed E-state index contributed by atoms with van der Waals surface area (Å²) in [5.74, 6) is 3.72. The molecular formula is C17H27NO3. The van der Waals surface area contributed by atoms with Gasteiger partial charge in [0.05, 0.1) is 18.8 Å². The monoisotopic (exact) mass is 293 g/mol. The van der Waals surface area contributed by atoms with E-state index in [1.54, 1.807) is 0 Å². The minimum atomic E-state index is -0.200. The van der Waals surface area contributed by atoms with E-state index >= 15 is 0 Å². The first kappa shape index (κ1) is 14.0. The van der Waals surface area contributed by atoms with E-state index < -0.39 is 0 Å². The average Bonchev–Trinajstić information content (AvgIpc) is 2.45. The molecule has 4 heteroatoms. The molecule has 118 valence electrons. The highest BCUT2D eigenvalue weighted by atomic mass is 16.5. The number of aliphatic hydroxyl groups is 1. The van der Waals surface area contributed by atoms with Gasteiger partial charge >= 0.3 is 0 Å². The lowest BCUT2D eigenvalue weighted by molar-refractivity contribution is -0.162. The first-order chi connectivity index (χ1) is 10.1. The van der Waals surface area contributed by atoms with Gasteiger partial charge in [-0.3, -0.25) is 4.79 Å². The summed E-state index contributed by atoms with van der Waals surface area (Å²) in [6.45, 7) is 3.27. The van der Waals surface area contributed by atoms with Crippen molar-refractivity contribution >= 4 is 5.91 Å². The molecule has 1 heterocycles. The lowest BCUT2D eigenvalue weighted by Gasteiger charge is -2.54. The summed E-state index contributed by atoms with van der Waals surface area (Å²) in [6.07, 6.45) is 6.40. The van der Waals surface area contributed by atoms with E-state index in [0.717, 1.165) is 11.8 Å². The molecule has 1 aliphatic heterocycles. The zero-order chi connectivity index (χ0) is 14.6.